The molecule has 0 aliphatic rings. The summed E-state index contributed by atoms with van der Waals surface area (Å²) in [6.07, 6.45) is -6.07. The normalized spacial score (nSPS) is 11.9. The maximum absolute atomic E-state index is 13.6. The predicted octanol–water partition coefficient (Wildman–Crippen LogP) is -6.43. The fourth-order valence-corrected chi connectivity index (χ4v) is 18.7. The van der Waals surface area contributed by atoms with Gasteiger partial charge in [-0.05, 0) is 121 Å². The Kier molecular flexibility index (Phi) is 30.1. The van der Waals surface area contributed by atoms with Crippen molar-refractivity contribution in [2.75, 3.05) is 31.9 Å². The van der Waals surface area contributed by atoms with Crippen LogP contribution < -0.4 is 137 Å². The number of carbonyl (C=O) groups is 8. The Hall–Kier alpha value is -10.5. The van der Waals surface area contributed by atoms with E-state index in [0.717, 1.165) is 72.8 Å². The van der Waals surface area contributed by atoms with Crippen LogP contribution in [0.25, 0.3) is 11.1 Å². The van der Waals surface area contributed by atoms with Gasteiger partial charge in [0.15, 0.2) is 39.3 Å². The Balaban J connectivity index is 0.00000978. The molecule has 0 bridgehead atoms. The minimum Gasteiger partial charge on any atom is -0.744 e. The molecular weight excluding hydrogens is 1620 g/mol. The number of benzene rings is 6. The molecule has 582 valence electrons. The first kappa shape index (κ1) is 90.4. The number of nitrogens with two attached hydrogens (primary N) is 8. The summed E-state index contributed by atoms with van der Waals surface area (Å²) < 4.78 is 188. The number of aromatic nitrogens is 6. The van der Waals surface area contributed by atoms with Crippen LogP contribution in [-0.2, 0) is 97.9 Å². The van der Waals surface area contributed by atoms with Crippen LogP contribution in [-0.4, -0.2) is 158 Å². The molecular formula is C62H64N20Na2O22S6. The molecule has 0 fully saturated rings. The van der Waals surface area contributed by atoms with Crippen molar-refractivity contribution in [3.05, 3.63) is 133 Å². The van der Waals surface area contributed by atoms with Gasteiger partial charge in [-0.3, -0.25) is 38.4 Å². The Bertz CT molecular complexity index is 5040. The molecule has 112 heavy (non-hydrogen) atoms. The van der Waals surface area contributed by atoms with Crippen LogP contribution in [0.2, 0.25) is 0 Å². The zero-order chi connectivity index (χ0) is 81.2. The van der Waals surface area contributed by atoms with E-state index in [1.807, 2.05) is 0 Å². The zero-order valence-corrected chi connectivity index (χ0v) is 67.3. The van der Waals surface area contributed by atoms with E-state index in [2.05, 4.69) is 61.8 Å². The number of nitrogens with zero attached hydrogens (tertiary/aromatic N) is 6. The number of rotatable bonds is 39. The number of amides is 8. The van der Waals surface area contributed by atoms with Crippen molar-refractivity contribution < 1.29 is 157 Å². The number of nitrogens with one attached hydrogen (secondary N) is 6. The molecule has 0 spiro atoms. The van der Waals surface area contributed by atoms with Crippen LogP contribution in [0.1, 0.15) is 51.4 Å². The number of sulfone groups is 4. The SMILES string of the molecule is NC(=O)CC(CC(N)=O)S(=O)(=O)c1ccc(Nc2nc(Nc3ccc(S(=O)(=O)C(CC(N)=O)CC(N)=O)cc3)nc(Nc3ccc(-c4ccc(Nc5nc(Nc6ccc(S(=O)(=O)C(CC(N)=O)CC(N)=O)cc6)nc(Nc6ccc(S(=O)(=O)C(CC(N)=O)CC(N)=O)cc6)n5)cc4S(=O)(=O)[O-])c(S(=O)(=O)[O-])c3)n2)cc1.[Na+].[Na+]. The molecule has 2 heterocycles. The zero-order valence-electron chi connectivity index (χ0n) is 58.4. The van der Waals surface area contributed by atoms with E-state index in [4.69, 9.17) is 45.9 Å². The Labute approximate surface area is 681 Å². The first-order valence-corrected chi connectivity index (χ1v) is 40.2. The number of hydrogen-bond donors (Lipinski definition) is 14. The third kappa shape index (κ3) is 24.3. The van der Waals surface area contributed by atoms with E-state index in [1.165, 1.54) is 48.5 Å². The summed E-state index contributed by atoms with van der Waals surface area (Å²) in [7, 11) is -29.2. The molecule has 2 aromatic heterocycles. The summed E-state index contributed by atoms with van der Waals surface area (Å²) in [5, 5.41) is 10.0. The number of hydrogen-bond acceptors (Lipinski definition) is 34. The molecule has 0 saturated heterocycles. The molecule has 8 amide bonds. The fraction of sp³-hybridized carbons (Fsp3) is 0.194. The molecule has 0 radical (unpaired) electrons. The largest absolute Gasteiger partial charge is 1.00 e. The van der Waals surface area contributed by atoms with E-state index in [9.17, 15) is 98.0 Å². The van der Waals surface area contributed by atoms with Crippen LogP contribution >= 0.6 is 0 Å². The number of primary amides is 8. The summed E-state index contributed by atoms with van der Waals surface area (Å²) in [6, 6.07) is 23.9. The summed E-state index contributed by atoms with van der Waals surface area (Å²) >= 11 is 0. The average Bonchev–Trinajstić information content (AvgIpc) is 0.771. The van der Waals surface area contributed by atoms with Crippen molar-refractivity contribution in [2.24, 2.45) is 45.9 Å². The summed E-state index contributed by atoms with van der Waals surface area (Å²) in [4.78, 5) is 116. The second kappa shape index (κ2) is 37.2. The predicted molar refractivity (Wildman–Crippen MR) is 387 cm³/mol. The van der Waals surface area contributed by atoms with Crippen molar-refractivity contribution >= 4 is 177 Å². The molecule has 8 rings (SSSR count). The quantitative estimate of drug-likeness (QED) is 0.0126. The summed E-state index contributed by atoms with van der Waals surface area (Å²) in [5.74, 6) is -10.9. The maximum atomic E-state index is 13.6. The first-order valence-electron chi connectivity index (χ1n) is 31.2. The fourth-order valence-electron chi connectivity index (χ4n) is 10.6. The van der Waals surface area contributed by atoms with E-state index in [1.54, 1.807) is 0 Å². The van der Waals surface area contributed by atoms with Gasteiger partial charge in [-0.2, -0.15) is 29.9 Å². The maximum Gasteiger partial charge on any atom is 1.00 e. The minimum absolute atomic E-state index is 0. The van der Waals surface area contributed by atoms with Gasteiger partial charge in [0.2, 0.25) is 82.9 Å². The molecule has 50 heteroatoms. The molecule has 8 aromatic rings. The van der Waals surface area contributed by atoms with Crippen molar-refractivity contribution in [3.63, 3.8) is 0 Å². The van der Waals surface area contributed by atoms with E-state index < -0.39 is 212 Å². The van der Waals surface area contributed by atoms with Gasteiger partial charge in [-0.25, -0.2) is 50.5 Å². The molecule has 0 aliphatic carbocycles. The van der Waals surface area contributed by atoms with Crippen molar-refractivity contribution in [2.45, 2.75) is 102 Å². The molecule has 0 atom stereocenters. The molecule has 22 N–H and O–H groups in total. The standard InChI is InChI=1S/C62H66N20O22S6.2Na/c63-49(83)23-41(24-50(64)84)105(91,92)37-11-1-31(2-12-37)71-57-77-58(72-32-3-13-38(14-4-32)106(93,94)42(25-51(65)85)26-52(66)86)80-61(79-57)75-35-9-19-45(47(21-35)109(99,100)101)46-20-10-36(22-48(46)110(102,103)104)76-62-81-59(73-33-5-15-39(16-6-33)107(95,96)43(27-53(67)87)28-54(68)88)78-60(82-62)74-34-7-17-40(18-8-34)108(97,98)44(29-55(69)89)30-56(70)90;;/h1-22,41-44H,23-30H2,(H2,63,83)(H2,64,84)(H2,65,85)(H2,66,86)(H2,67,87)(H2,68,88)(H2,69,89)(H2,70,90)(H,99,100,101)(H,102,103,104)(H3,71,72,75,77,79,80)(H3,73,74,76,78,81,82);;/q;2*+1/p-2. The number of anilines is 12. The van der Waals surface area contributed by atoms with Gasteiger partial charge in [0, 0.05) is 96.6 Å². The Morgan fingerprint density at radius 2 is 0.420 bits per heavy atom. The summed E-state index contributed by atoms with van der Waals surface area (Å²) in [6.45, 7) is 0. The van der Waals surface area contributed by atoms with Gasteiger partial charge in [-0.15, -0.1) is 0 Å². The molecule has 0 unspecified atom stereocenters. The van der Waals surface area contributed by atoms with E-state index >= 15 is 0 Å². The van der Waals surface area contributed by atoms with Gasteiger partial charge < -0.3 is 86.9 Å². The molecule has 0 saturated carbocycles. The minimum atomic E-state index is -5.71. The summed E-state index contributed by atoms with van der Waals surface area (Å²) in [5.41, 5.74) is 40.3. The third-order valence-electron chi connectivity index (χ3n) is 15.5. The Morgan fingerprint density at radius 3 is 0.571 bits per heavy atom. The van der Waals surface area contributed by atoms with E-state index in [0.29, 0.717) is 12.1 Å². The Morgan fingerprint density at radius 1 is 0.268 bits per heavy atom. The van der Waals surface area contributed by atoms with Crippen molar-refractivity contribution in [1.82, 2.24) is 29.9 Å². The second-order valence-corrected chi connectivity index (χ2v) is 35.4. The van der Waals surface area contributed by atoms with Crippen LogP contribution in [0.15, 0.2) is 163 Å². The topological polar surface area (TPSA) is 745 Å². The van der Waals surface area contributed by atoms with E-state index in [-0.39, 0.29) is 137 Å². The first-order chi connectivity index (χ1) is 51.3. The van der Waals surface area contributed by atoms with Gasteiger partial charge in [0.25, 0.3) is 0 Å². The van der Waals surface area contributed by atoms with Gasteiger partial charge in [-0.1, -0.05) is 12.1 Å². The van der Waals surface area contributed by atoms with Crippen molar-refractivity contribution in [3.8, 4) is 11.1 Å². The number of carbonyl (C=O) groups excluding carboxylic acids is 8. The molecule has 0 aliphatic heterocycles. The van der Waals surface area contributed by atoms with Gasteiger partial charge >= 0.3 is 59.1 Å². The van der Waals surface area contributed by atoms with Crippen molar-refractivity contribution in [1.29, 1.82) is 0 Å². The third-order valence-corrected chi connectivity index (χ3v) is 25.8. The van der Waals surface area contributed by atoms with Crippen LogP contribution in [0.4, 0.5) is 69.8 Å². The molecule has 6 aromatic carbocycles. The smallest absolute Gasteiger partial charge is 0.744 e. The van der Waals surface area contributed by atoms with Gasteiger partial charge in [0.05, 0.1) is 50.4 Å². The second-order valence-electron chi connectivity index (χ2n) is 23.8. The van der Waals surface area contributed by atoms with Crippen LogP contribution in [0, 0.1) is 0 Å². The van der Waals surface area contributed by atoms with Crippen LogP contribution in [0.5, 0.6) is 0 Å². The molecule has 42 nitrogen and oxygen atoms in total. The average molecular weight is 1680 g/mol. The monoisotopic (exact) mass is 1680 g/mol. The van der Waals surface area contributed by atoms with Gasteiger partial charge in [0.1, 0.15) is 20.2 Å². The van der Waals surface area contributed by atoms with Crippen LogP contribution in [0.3, 0.4) is 0 Å².